The lowest BCUT2D eigenvalue weighted by Gasteiger charge is -2.43. The zero-order valence-electron chi connectivity index (χ0n) is 33.3. The zero-order valence-corrected chi connectivity index (χ0v) is 34.2. The molecule has 3 aromatic carbocycles. The molecular weight excluding hydrogens is 755 g/mol. The predicted molar refractivity (Wildman–Crippen MR) is 213 cm³/mol. The highest BCUT2D eigenvalue weighted by atomic mass is 32.2. The molecular formula is C42H55N3O11S. The van der Waals surface area contributed by atoms with Crippen LogP contribution in [0.5, 0.6) is 0 Å². The highest BCUT2D eigenvalue weighted by Crippen LogP contribution is 2.49. The second-order valence-electron chi connectivity index (χ2n) is 15.1. The number of fused-ring (bicyclic) bond motifs is 1. The van der Waals surface area contributed by atoms with E-state index < -0.39 is 75.9 Å². The van der Waals surface area contributed by atoms with Crippen LogP contribution in [0.2, 0.25) is 0 Å². The van der Waals surface area contributed by atoms with Gasteiger partial charge < -0.3 is 44.7 Å². The average Bonchev–Trinajstić information content (AvgIpc) is 3.24. The minimum absolute atomic E-state index is 0.0254. The Morgan fingerprint density at radius 2 is 1.68 bits per heavy atom. The van der Waals surface area contributed by atoms with E-state index in [0.29, 0.717) is 29.7 Å². The van der Waals surface area contributed by atoms with Crippen molar-refractivity contribution in [2.24, 2.45) is 5.41 Å². The summed E-state index contributed by atoms with van der Waals surface area (Å²) in [6.07, 6.45) is -5.02. The predicted octanol–water partition coefficient (Wildman–Crippen LogP) is 4.91. The number of carbonyl (C=O) groups is 3. The molecule has 310 valence electrons. The minimum Gasteiger partial charge on any atom is -0.463 e. The highest BCUT2D eigenvalue weighted by molar-refractivity contribution is 7.91. The van der Waals surface area contributed by atoms with Crippen LogP contribution in [0.3, 0.4) is 0 Å². The molecule has 15 heteroatoms. The van der Waals surface area contributed by atoms with E-state index >= 15 is 0 Å². The third-order valence-corrected chi connectivity index (χ3v) is 12.8. The second kappa shape index (κ2) is 18.8. The van der Waals surface area contributed by atoms with Crippen LogP contribution in [0.1, 0.15) is 76.0 Å². The summed E-state index contributed by atoms with van der Waals surface area (Å²) in [7, 11) is -0.0863. The Hall–Kier alpha value is -4.54. The summed E-state index contributed by atoms with van der Waals surface area (Å²) in [5, 5.41) is 29.3. The van der Waals surface area contributed by atoms with Gasteiger partial charge in [-0.15, -0.1) is 0 Å². The van der Waals surface area contributed by atoms with Crippen LogP contribution in [-0.4, -0.2) is 99.8 Å². The van der Waals surface area contributed by atoms with Gasteiger partial charge in [-0.2, -0.15) is 0 Å². The molecule has 1 fully saturated rings. The number of amides is 2. The van der Waals surface area contributed by atoms with E-state index in [9.17, 15) is 33.0 Å². The smallest absolute Gasteiger partial charge is 0.321 e. The fourth-order valence-electron chi connectivity index (χ4n) is 7.78. The molecule has 0 radical (unpaired) electrons. The van der Waals surface area contributed by atoms with Gasteiger partial charge in [0, 0.05) is 50.7 Å². The van der Waals surface area contributed by atoms with Crippen molar-refractivity contribution in [2.75, 3.05) is 36.7 Å². The fraction of sp³-hybridized carbons (Fsp3) is 0.500. The Bertz CT molecular complexity index is 1980. The first-order valence-corrected chi connectivity index (χ1v) is 20.9. The van der Waals surface area contributed by atoms with Crippen LogP contribution in [0.4, 0.5) is 16.2 Å². The van der Waals surface area contributed by atoms with Gasteiger partial charge in [0.15, 0.2) is 22.2 Å². The van der Waals surface area contributed by atoms with Gasteiger partial charge in [0.25, 0.3) is 0 Å². The Kier molecular flexibility index (Phi) is 14.4. The summed E-state index contributed by atoms with van der Waals surface area (Å²) < 4.78 is 51.0. The maximum Gasteiger partial charge on any atom is 0.321 e. The quantitative estimate of drug-likeness (QED) is 0.161. The third-order valence-electron chi connectivity index (χ3n) is 10.8. The van der Waals surface area contributed by atoms with E-state index in [2.05, 4.69) is 10.6 Å². The highest BCUT2D eigenvalue weighted by Gasteiger charge is 2.50. The van der Waals surface area contributed by atoms with E-state index in [4.69, 9.17) is 18.9 Å². The van der Waals surface area contributed by atoms with Crippen molar-refractivity contribution in [2.45, 2.75) is 108 Å². The van der Waals surface area contributed by atoms with Crippen molar-refractivity contribution in [3.05, 3.63) is 89.5 Å². The first kappa shape index (κ1) is 43.6. The van der Waals surface area contributed by atoms with Gasteiger partial charge in [0.1, 0.15) is 24.9 Å². The number of hydrogen-bond acceptors (Lipinski definition) is 12. The SMILES string of the molecule is CCCC[C@]1(CC)CS(=O)(=O)c2ccc(N(C)C)cc2[C@H](c2cccc(NC(=O)NC3O[C@H](COC(C)=O)[C@@H](OC(C)=O)[C@H](OCc4ccccc4)[C@H]3O)c2)[C@@H]1O. The number of nitrogens with zero attached hydrogens (tertiary/aromatic N) is 1. The molecule has 2 aliphatic heterocycles. The molecule has 5 rings (SSSR count). The van der Waals surface area contributed by atoms with E-state index in [0.717, 1.165) is 24.1 Å². The van der Waals surface area contributed by atoms with Crippen molar-refractivity contribution in [1.29, 1.82) is 0 Å². The largest absolute Gasteiger partial charge is 0.463 e. The van der Waals surface area contributed by atoms with Crippen LogP contribution >= 0.6 is 0 Å². The summed E-state index contributed by atoms with van der Waals surface area (Å²) in [6.45, 7) is 6.01. The molecule has 0 saturated carbocycles. The number of esters is 2. The van der Waals surface area contributed by atoms with Gasteiger partial charge in [-0.1, -0.05) is 69.2 Å². The topological polar surface area (TPSA) is 190 Å². The lowest BCUT2D eigenvalue weighted by molar-refractivity contribution is -0.255. The van der Waals surface area contributed by atoms with E-state index in [-0.39, 0.29) is 23.9 Å². The molecule has 2 amide bonds. The maximum absolute atomic E-state index is 14.1. The number of ether oxygens (including phenoxy) is 4. The summed E-state index contributed by atoms with van der Waals surface area (Å²) in [5.41, 5.74) is 2.00. The molecule has 3 aromatic rings. The van der Waals surface area contributed by atoms with Crippen molar-refractivity contribution in [3.8, 4) is 0 Å². The number of anilines is 2. The van der Waals surface area contributed by atoms with Crippen LogP contribution in [0.15, 0.2) is 77.7 Å². The third kappa shape index (κ3) is 10.3. The second-order valence-corrected chi connectivity index (χ2v) is 17.0. The number of rotatable bonds is 14. The molecule has 2 heterocycles. The monoisotopic (exact) mass is 809 g/mol. The Morgan fingerprint density at radius 1 is 0.947 bits per heavy atom. The van der Waals surface area contributed by atoms with Gasteiger partial charge in [0.05, 0.1) is 23.4 Å². The Balaban J connectivity index is 1.45. The van der Waals surface area contributed by atoms with E-state index in [1.54, 1.807) is 36.4 Å². The molecule has 1 unspecified atom stereocenters. The van der Waals surface area contributed by atoms with Crippen LogP contribution in [-0.2, 0) is 45.0 Å². The maximum atomic E-state index is 14.1. The number of urea groups is 1. The van der Waals surface area contributed by atoms with Crippen LogP contribution in [0, 0.1) is 5.41 Å². The van der Waals surface area contributed by atoms with Gasteiger partial charge in [0.2, 0.25) is 0 Å². The van der Waals surface area contributed by atoms with Crippen LogP contribution < -0.4 is 15.5 Å². The van der Waals surface area contributed by atoms with Crippen molar-refractivity contribution >= 4 is 39.2 Å². The molecule has 0 aliphatic carbocycles. The molecule has 8 atom stereocenters. The Labute approximate surface area is 334 Å². The fourth-order valence-corrected chi connectivity index (χ4v) is 10.0. The van der Waals surface area contributed by atoms with Gasteiger partial charge in [-0.05, 0) is 59.9 Å². The number of nitrogens with one attached hydrogen (secondary N) is 2. The lowest BCUT2D eigenvalue weighted by atomic mass is 9.69. The molecule has 57 heavy (non-hydrogen) atoms. The number of sulfone groups is 1. The molecule has 1 saturated heterocycles. The van der Waals surface area contributed by atoms with Gasteiger partial charge in [-0.3, -0.25) is 9.59 Å². The normalized spacial score (nSPS) is 26.6. The minimum atomic E-state index is -3.81. The van der Waals surface area contributed by atoms with E-state index in [1.807, 2.05) is 69.2 Å². The number of benzene rings is 3. The summed E-state index contributed by atoms with van der Waals surface area (Å²) >= 11 is 0. The van der Waals surface area contributed by atoms with Crippen LogP contribution in [0.25, 0.3) is 0 Å². The number of aliphatic hydroxyl groups excluding tert-OH is 2. The Morgan fingerprint density at radius 3 is 2.33 bits per heavy atom. The summed E-state index contributed by atoms with van der Waals surface area (Å²) in [5.74, 6) is -2.25. The molecule has 14 nitrogen and oxygen atoms in total. The van der Waals surface area contributed by atoms with Crippen molar-refractivity contribution in [3.63, 3.8) is 0 Å². The first-order chi connectivity index (χ1) is 27.1. The summed E-state index contributed by atoms with van der Waals surface area (Å²) in [6, 6.07) is 20.4. The van der Waals surface area contributed by atoms with E-state index in [1.165, 1.54) is 13.8 Å². The number of aliphatic hydroxyl groups is 2. The summed E-state index contributed by atoms with van der Waals surface area (Å²) in [4.78, 5) is 39.6. The van der Waals surface area contributed by atoms with Crippen molar-refractivity contribution in [1.82, 2.24) is 5.32 Å². The number of unbranched alkanes of at least 4 members (excludes halogenated alkanes) is 1. The van der Waals surface area contributed by atoms with Gasteiger partial charge >= 0.3 is 18.0 Å². The molecule has 0 spiro atoms. The average molecular weight is 810 g/mol. The first-order valence-electron chi connectivity index (χ1n) is 19.3. The number of hydrogen-bond donors (Lipinski definition) is 4. The zero-order chi connectivity index (χ0) is 41.5. The molecule has 0 bridgehead atoms. The molecule has 4 N–H and O–H groups in total. The van der Waals surface area contributed by atoms with Gasteiger partial charge in [-0.25, -0.2) is 13.2 Å². The van der Waals surface area contributed by atoms with Crippen molar-refractivity contribution < 1.29 is 52.0 Å². The standard InChI is InChI=1S/C42H55N3O11S/c1-7-9-20-42(8-2)25-57(51,52)34-19-18-31(45(5)6)22-32(34)35(39(42)49)29-16-13-17-30(21-29)43-41(50)44-40-36(48)38(54-23-28-14-11-10-12-15-28)37(55-27(4)47)33(56-40)24-53-26(3)46/h10-19,21-22,33,35-40,48-49H,7-9,20,23-25H2,1-6H3,(H2,43,44,50)/t33-,35+,36-,37-,38-,39+,40?,42-/m1/s1. The lowest BCUT2D eigenvalue weighted by Crippen LogP contribution is -2.65. The number of carbonyl (C=O) groups excluding carboxylic acids is 3. The molecule has 2 aliphatic rings. The molecule has 0 aromatic heterocycles.